The Bertz CT molecular complexity index is 1220. The number of methoxy groups -OCH3 is 3. The number of benzene rings is 3. The molecule has 0 aliphatic carbocycles. The fourth-order valence-electron chi connectivity index (χ4n) is 4.07. The van der Waals surface area contributed by atoms with E-state index in [0.29, 0.717) is 17.2 Å². The molecule has 0 saturated carbocycles. The molecule has 7 nitrogen and oxygen atoms in total. The van der Waals surface area contributed by atoms with Crippen LogP contribution in [0.1, 0.15) is 22.8 Å². The molecule has 3 aromatic rings. The minimum Gasteiger partial charge on any atom is -0.493 e. The summed E-state index contributed by atoms with van der Waals surface area (Å²) in [4.78, 5) is 28.9. The van der Waals surface area contributed by atoms with Crippen molar-refractivity contribution in [2.24, 2.45) is 0 Å². The lowest BCUT2D eigenvalue weighted by atomic mass is 10.1. The van der Waals surface area contributed by atoms with Crippen LogP contribution in [0.5, 0.6) is 17.2 Å². The fraction of sp³-hybridized carbons (Fsp3) is 0.259. The third kappa shape index (κ3) is 5.22. The van der Waals surface area contributed by atoms with Crippen molar-refractivity contribution in [3.8, 4) is 17.2 Å². The molecule has 0 fully saturated rings. The van der Waals surface area contributed by atoms with Gasteiger partial charge in [-0.25, -0.2) is 0 Å². The minimum absolute atomic E-state index is 0.0767. The summed E-state index contributed by atoms with van der Waals surface area (Å²) in [6, 6.07) is 19.0. The van der Waals surface area contributed by atoms with E-state index >= 15 is 0 Å². The van der Waals surface area contributed by atoms with E-state index in [0.717, 1.165) is 27.4 Å². The van der Waals surface area contributed by atoms with E-state index < -0.39 is 0 Å². The van der Waals surface area contributed by atoms with Gasteiger partial charge in [-0.3, -0.25) is 9.59 Å². The first-order valence-corrected chi connectivity index (χ1v) is 12.0. The third-order valence-electron chi connectivity index (χ3n) is 5.87. The maximum Gasteiger partial charge on any atom is 0.244 e. The summed E-state index contributed by atoms with van der Waals surface area (Å²) in [5.74, 6) is 1.17. The average Bonchev–Trinajstić information content (AvgIpc) is 3.00. The van der Waals surface area contributed by atoms with Crippen molar-refractivity contribution >= 4 is 35.0 Å². The number of anilines is 2. The Balaban J connectivity index is 1.64. The lowest BCUT2D eigenvalue weighted by Crippen LogP contribution is -2.38. The van der Waals surface area contributed by atoms with Crippen molar-refractivity contribution in [1.29, 1.82) is 0 Å². The van der Waals surface area contributed by atoms with Gasteiger partial charge in [0.15, 0.2) is 11.5 Å². The first-order valence-electron chi connectivity index (χ1n) is 11.2. The van der Waals surface area contributed by atoms with Gasteiger partial charge < -0.3 is 24.4 Å². The molecule has 0 saturated heterocycles. The topological polar surface area (TPSA) is 77.1 Å². The largest absolute Gasteiger partial charge is 0.493 e. The number of ether oxygens (including phenoxy) is 3. The van der Waals surface area contributed by atoms with E-state index in [1.165, 1.54) is 0 Å². The van der Waals surface area contributed by atoms with Crippen LogP contribution in [0.3, 0.4) is 0 Å². The summed E-state index contributed by atoms with van der Waals surface area (Å²) in [7, 11) is 4.69. The van der Waals surface area contributed by atoms with Crippen molar-refractivity contribution in [3.63, 3.8) is 0 Å². The molecule has 1 aliphatic heterocycles. The molecule has 1 heterocycles. The number of aryl methyl sites for hydroxylation is 1. The number of para-hydroxylation sites is 2. The monoisotopic (exact) mass is 492 g/mol. The first kappa shape index (κ1) is 24.5. The molecule has 2 amide bonds. The lowest BCUT2D eigenvalue weighted by molar-refractivity contribution is -0.121. The van der Waals surface area contributed by atoms with Crippen LogP contribution >= 0.6 is 11.8 Å². The Morgan fingerprint density at radius 1 is 1.00 bits per heavy atom. The zero-order chi connectivity index (χ0) is 24.9. The lowest BCUT2D eigenvalue weighted by Gasteiger charge is -2.22. The predicted molar refractivity (Wildman–Crippen MR) is 138 cm³/mol. The van der Waals surface area contributed by atoms with Crippen LogP contribution in [-0.4, -0.2) is 39.7 Å². The zero-order valence-electron chi connectivity index (χ0n) is 20.2. The SMILES string of the molecule is COc1cc([C@H]2CC(=O)N(CC(=O)Nc3ccccc3C)c3ccccc3S2)cc(OC)c1OC. The van der Waals surface area contributed by atoms with Crippen LogP contribution in [0, 0.1) is 6.92 Å². The van der Waals surface area contributed by atoms with Gasteiger partial charge in [-0.2, -0.15) is 0 Å². The van der Waals surface area contributed by atoms with Gasteiger partial charge in [0.05, 0.1) is 27.0 Å². The molecule has 0 spiro atoms. The highest BCUT2D eigenvalue weighted by atomic mass is 32.2. The second kappa shape index (κ2) is 10.7. The summed E-state index contributed by atoms with van der Waals surface area (Å²) in [5.41, 5.74) is 3.29. The maximum absolute atomic E-state index is 13.5. The van der Waals surface area contributed by atoms with Gasteiger partial charge in [-0.1, -0.05) is 30.3 Å². The van der Waals surface area contributed by atoms with Crippen molar-refractivity contribution < 1.29 is 23.8 Å². The molecule has 4 rings (SSSR count). The van der Waals surface area contributed by atoms with Crippen molar-refractivity contribution in [1.82, 2.24) is 0 Å². The molecule has 1 aliphatic rings. The highest BCUT2D eigenvalue weighted by Crippen LogP contribution is 2.49. The number of carbonyl (C=O) groups is 2. The van der Waals surface area contributed by atoms with Gasteiger partial charge in [0.1, 0.15) is 6.54 Å². The second-order valence-corrected chi connectivity index (χ2v) is 9.32. The van der Waals surface area contributed by atoms with E-state index in [-0.39, 0.29) is 30.0 Å². The number of hydrogen-bond acceptors (Lipinski definition) is 6. The average molecular weight is 493 g/mol. The smallest absolute Gasteiger partial charge is 0.244 e. The van der Waals surface area contributed by atoms with Crippen molar-refractivity contribution in [2.75, 3.05) is 38.1 Å². The number of carbonyl (C=O) groups excluding carboxylic acids is 2. The molecule has 0 radical (unpaired) electrons. The molecule has 35 heavy (non-hydrogen) atoms. The molecule has 8 heteroatoms. The Kier molecular flexibility index (Phi) is 7.51. The maximum atomic E-state index is 13.5. The van der Waals surface area contributed by atoms with Crippen LogP contribution in [0.25, 0.3) is 0 Å². The summed E-state index contributed by atoms with van der Waals surface area (Å²) in [5, 5.41) is 2.72. The highest BCUT2D eigenvalue weighted by Gasteiger charge is 2.31. The summed E-state index contributed by atoms with van der Waals surface area (Å²) >= 11 is 1.58. The van der Waals surface area contributed by atoms with Crippen LogP contribution in [-0.2, 0) is 9.59 Å². The van der Waals surface area contributed by atoms with Crippen LogP contribution in [0.15, 0.2) is 65.6 Å². The number of amides is 2. The second-order valence-electron chi connectivity index (χ2n) is 8.08. The Hall–Kier alpha value is -3.65. The van der Waals surface area contributed by atoms with Gasteiger partial charge in [-0.05, 0) is 48.4 Å². The zero-order valence-corrected chi connectivity index (χ0v) is 21.0. The molecular formula is C27H28N2O5S. The molecule has 0 bridgehead atoms. The summed E-state index contributed by atoms with van der Waals surface area (Å²) in [6.45, 7) is 1.85. The fourth-order valence-corrected chi connectivity index (χ4v) is 5.33. The molecule has 1 atom stereocenters. The Labute approximate surface area is 209 Å². The molecule has 3 aromatic carbocycles. The van der Waals surface area contributed by atoms with Crippen LogP contribution in [0.2, 0.25) is 0 Å². The van der Waals surface area contributed by atoms with Crippen molar-refractivity contribution in [2.45, 2.75) is 23.5 Å². The number of nitrogens with zero attached hydrogens (tertiary/aromatic N) is 1. The van der Waals surface area contributed by atoms with E-state index in [1.807, 2.05) is 67.6 Å². The van der Waals surface area contributed by atoms with E-state index in [9.17, 15) is 9.59 Å². The molecule has 0 aromatic heterocycles. The summed E-state index contributed by atoms with van der Waals surface area (Å²) in [6.07, 6.45) is 0.204. The number of hydrogen-bond donors (Lipinski definition) is 1. The quantitative estimate of drug-likeness (QED) is 0.487. The van der Waals surface area contributed by atoms with Gasteiger partial charge in [0.2, 0.25) is 17.6 Å². The van der Waals surface area contributed by atoms with E-state index in [2.05, 4.69) is 5.32 Å². The number of nitrogens with one attached hydrogen (secondary N) is 1. The molecular weight excluding hydrogens is 464 g/mol. The Morgan fingerprint density at radius 2 is 1.66 bits per heavy atom. The highest BCUT2D eigenvalue weighted by molar-refractivity contribution is 7.99. The van der Waals surface area contributed by atoms with E-state index in [1.54, 1.807) is 38.0 Å². The first-order chi connectivity index (χ1) is 16.9. The van der Waals surface area contributed by atoms with Gasteiger partial charge in [-0.15, -0.1) is 11.8 Å². The number of thioether (sulfide) groups is 1. The van der Waals surface area contributed by atoms with Crippen LogP contribution < -0.4 is 24.4 Å². The van der Waals surface area contributed by atoms with Crippen LogP contribution in [0.4, 0.5) is 11.4 Å². The minimum atomic E-state index is -0.251. The number of rotatable bonds is 7. The summed E-state index contributed by atoms with van der Waals surface area (Å²) < 4.78 is 16.5. The van der Waals surface area contributed by atoms with Gasteiger partial charge in [0, 0.05) is 22.3 Å². The molecule has 0 unspecified atom stereocenters. The van der Waals surface area contributed by atoms with Gasteiger partial charge in [0.25, 0.3) is 0 Å². The molecule has 1 N–H and O–H groups in total. The van der Waals surface area contributed by atoms with Crippen molar-refractivity contribution in [3.05, 3.63) is 71.8 Å². The predicted octanol–water partition coefficient (Wildman–Crippen LogP) is 5.23. The normalized spacial score (nSPS) is 15.1. The van der Waals surface area contributed by atoms with E-state index in [4.69, 9.17) is 14.2 Å². The van der Waals surface area contributed by atoms with Gasteiger partial charge >= 0.3 is 0 Å². The standard InChI is InChI=1S/C27H28N2O5S/c1-17-9-5-6-10-19(17)28-25(30)16-29-20-11-7-8-12-23(20)35-24(15-26(29)31)18-13-21(32-2)27(34-4)22(14-18)33-3/h5-14,24H,15-16H2,1-4H3,(H,28,30)/t24-/m1/s1. The number of fused-ring (bicyclic) bond motifs is 1. The Morgan fingerprint density at radius 3 is 2.31 bits per heavy atom. The third-order valence-corrected chi connectivity index (χ3v) is 7.19. The molecule has 182 valence electrons.